The predicted octanol–water partition coefficient (Wildman–Crippen LogP) is 5.36. The molecule has 0 aliphatic heterocycles. The number of aromatic amines is 1. The number of aliphatic carboxylic acids is 1. The number of halogens is 3. The van der Waals surface area contributed by atoms with Crippen LogP contribution in [0.3, 0.4) is 0 Å². The number of fused-ring (bicyclic) bond motifs is 1. The third-order valence-corrected chi connectivity index (χ3v) is 4.61. The van der Waals surface area contributed by atoms with E-state index in [9.17, 15) is 23.1 Å². The van der Waals surface area contributed by atoms with Crippen molar-refractivity contribution in [1.29, 1.82) is 0 Å². The lowest BCUT2D eigenvalue weighted by molar-refractivity contribution is -0.138. The first-order valence-electron chi connectivity index (χ1n) is 8.29. The van der Waals surface area contributed by atoms with Gasteiger partial charge in [-0.25, -0.2) is 0 Å². The zero-order valence-corrected chi connectivity index (χ0v) is 14.1. The predicted molar refractivity (Wildman–Crippen MR) is 93.2 cm³/mol. The Balaban J connectivity index is 2.08. The number of hydrogen-bond acceptors (Lipinski definition) is 1. The maximum Gasteiger partial charge on any atom is 0.416 e. The highest BCUT2D eigenvalue weighted by atomic mass is 19.4. The summed E-state index contributed by atoms with van der Waals surface area (Å²) >= 11 is 0. The van der Waals surface area contributed by atoms with Crippen molar-refractivity contribution in [3.8, 4) is 0 Å². The highest BCUT2D eigenvalue weighted by Gasteiger charge is 2.30. The van der Waals surface area contributed by atoms with E-state index in [1.807, 2.05) is 25.1 Å². The fourth-order valence-electron chi connectivity index (χ4n) is 3.31. The van der Waals surface area contributed by atoms with E-state index in [1.165, 1.54) is 12.1 Å². The Morgan fingerprint density at radius 3 is 2.42 bits per heavy atom. The second-order valence-corrected chi connectivity index (χ2v) is 6.21. The van der Waals surface area contributed by atoms with Gasteiger partial charge in [0.2, 0.25) is 0 Å². The van der Waals surface area contributed by atoms with Gasteiger partial charge in [0.15, 0.2) is 0 Å². The summed E-state index contributed by atoms with van der Waals surface area (Å²) in [4.78, 5) is 14.6. The monoisotopic (exact) mass is 361 g/mol. The van der Waals surface area contributed by atoms with Gasteiger partial charge in [0.05, 0.1) is 12.0 Å². The minimum atomic E-state index is -4.42. The number of H-pyrrole nitrogens is 1. The highest BCUT2D eigenvalue weighted by molar-refractivity contribution is 5.87. The van der Waals surface area contributed by atoms with Crippen LogP contribution in [0.2, 0.25) is 0 Å². The van der Waals surface area contributed by atoms with Gasteiger partial charge < -0.3 is 10.1 Å². The van der Waals surface area contributed by atoms with Crippen LogP contribution in [-0.2, 0) is 17.4 Å². The third-order valence-electron chi connectivity index (χ3n) is 4.61. The van der Waals surface area contributed by atoms with Crippen molar-refractivity contribution < 1.29 is 23.1 Å². The topological polar surface area (TPSA) is 53.1 Å². The number of aromatic nitrogens is 1. The van der Waals surface area contributed by atoms with Crippen molar-refractivity contribution in [1.82, 2.24) is 4.98 Å². The van der Waals surface area contributed by atoms with Crippen LogP contribution in [0.25, 0.3) is 10.9 Å². The maximum atomic E-state index is 12.8. The molecule has 0 unspecified atom stereocenters. The normalized spacial score (nSPS) is 13.1. The Hall–Kier alpha value is -2.76. The molecular formula is C20H18F3NO2. The number of benzene rings is 2. The Morgan fingerprint density at radius 1 is 1.15 bits per heavy atom. The molecule has 6 heteroatoms. The Kier molecular flexibility index (Phi) is 4.76. The van der Waals surface area contributed by atoms with Crippen molar-refractivity contribution in [3.05, 3.63) is 70.9 Å². The molecule has 3 nitrogen and oxygen atoms in total. The van der Waals surface area contributed by atoms with Crippen LogP contribution in [0.5, 0.6) is 0 Å². The lowest BCUT2D eigenvalue weighted by atomic mass is 9.87. The second kappa shape index (κ2) is 6.86. The number of para-hydroxylation sites is 1. The Morgan fingerprint density at radius 2 is 1.85 bits per heavy atom. The average Bonchev–Trinajstić information content (AvgIpc) is 3.03. The first-order valence-corrected chi connectivity index (χ1v) is 8.29. The van der Waals surface area contributed by atoms with Crippen molar-refractivity contribution in [2.75, 3.05) is 0 Å². The number of carboxylic acids is 1. The number of alkyl halides is 3. The molecule has 1 heterocycles. The highest BCUT2D eigenvalue weighted by Crippen LogP contribution is 2.36. The van der Waals surface area contributed by atoms with Gasteiger partial charge in [-0.2, -0.15) is 13.2 Å². The molecule has 0 saturated carbocycles. The van der Waals surface area contributed by atoms with E-state index in [2.05, 4.69) is 4.98 Å². The molecule has 0 saturated heterocycles. The second-order valence-electron chi connectivity index (χ2n) is 6.21. The summed E-state index contributed by atoms with van der Waals surface area (Å²) in [5.41, 5.74) is 2.62. The first-order chi connectivity index (χ1) is 12.3. The van der Waals surface area contributed by atoms with Crippen LogP contribution >= 0.6 is 0 Å². The minimum absolute atomic E-state index is 0.200. The summed E-state index contributed by atoms with van der Waals surface area (Å²) in [5, 5.41) is 10.2. The standard InChI is InChI=1S/C20H18F3NO2/c1-2-12-4-3-5-15-17(11-24-19(12)15)16(10-18(25)26)13-6-8-14(9-7-13)20(21,22)23/h3-9,11,16,24H,2,10H2,1H3,(H,25,26)/t16-/m1/s1. The largest absolute Gasteiger partial charge is 0.481 e. The first kappa shape index (κ1) is 18.0. The number of aryl methyl sites for hydroxylation is 1. The van der Waals surface area contributed by atoms with Crippen molar-refractivity contribution >= 4 is 16.9 Å². The molecule has 3 rings (SSSR count). The van der Waals surface area contributed by atoms with E-state index in [1.54, 1.807) is 6.20 Å². The minimum Gasteiger partial charge on any atom is -0.481 e. The summed E-state index contributed by atoms with van der Waals surface area (Å²) in [6.07, 6.45) is -2.04. The van der Waals surface area contributed by atoms with Gasteiger partial charge >= 0.3 is 12.1 Å². The van der Waals surface area contributed by atoms with Crippen LogP contribution in [-0.4, -0.2) is 16.1 Å². The van der Waals surface area contributed by atoms with E-state index >= 15 is 0 Å². The van der Waals surface area contributed by atoms with E-state index < -0.39 is 23.6 Å². The van der Waals surface area contributed by atoms with Crippen LogP contribution in [0.15, 0.2) is 48.7 Å². The molecule has 1 aromatic heterocycles. The summed E-state index contributed by atoms with van der Waals surface area (Å²) < 4.78 is 38.4. The van der Waals surface area contributed by atoms with Gasteiger partial charge in [-0.15, -0.1) is 0 Å². The number of hydrogen-bond donors (Lipinski definition) is 2. The molecule has 26 heavy (non-hydrogen) atoms. The van der Waals surface area contributed by atoms with Crippen molar-refractivity contribution in [2.45, 2.75) is 31.9 Å². The molecule has 0 radical (unpaired) electrons. The van der Waals surface area contributed by atoms with Gasteiger partial charge in [-0.1, -0.05) is 37.3 Å². The molecule has 0 fully saturated rings. The summed E-state index contributed by atoms with van der Waals surface area (Å²) in [7, 11) is 0. The van der Waals surface area contributed by atoms with E-state index in [0.29, 0.717) is 5.56 Å². The quantitative estimate of drug-likeness (QED) is 0.643. The number of nitrogens with one attached hydrogen (secondary N) is 1. The van der Waals surface area contributed by atoms with Gasteiger partial charge in [0.1, 0.15) is 0 Å². The molecule has 136 valence electrons. The molecule has 2 aromatic carbocycles. The molecular weight excluding hydrogens is 343 g/mol. The number of carboxylic acid groups (broad SMARTS) is 1. The molecule has 3 aromatic rings. The van der Waals surface area contributed by atoms with Gasteiger partial charge in [-0.05, 0) is 35.2 Å². The van der Waals surface area contributed by atoms with Gasteiger partial charge in [0, 0.05) is 23.0 Å². The Bertz CT molecular complexity index is 926. The smallest absolute Gasteiger partial charge is 0.416 e. The molecule has 0 aliphatic rings. The van der Waals surface area contributed by atoms with Crippen LogP contribution in [0, 0.1) is 0 Å². The van der Waals surface area contributed by atoms with Crippen molar-refractivity contribution in [2.24, 2.45) is 0 Å². The molecule has 0 amide bonds. The Labute approximate surface area is 148 Å². The van der Waals surface area contributed by atoms with Crippen LogP contribution < -0.4 is 0 Å². The zero-order chi connectivity index (χ0) is 18.9. The molecule has 0 aliphatic carbocycles. The summed E-state index contributed by atoms with van der Waals surface area (Å²) in [5.74, 6) is -1.54. The fraction of sp³-hybridized carbons (Fsp3) is 0.250. The van der Waals surface area contributed by atoms with Crippen molar-refractivity contribution in [3.63, 3.8) is 0 Å². The zero-order valence-electron chi connectivity index (χ0n) is 14.1. The molecule has 0 spiro atoms. The number of carbonyl (C=O) groups is 1. The third kappa shape index (κ3) is 3.45. The van der Waals surface area contributed by atoms with Gasteiger partial charge in [0.25, 0.3) is 0 Å². The SMILES string of the molecule is CCc1cccc2c([C@H](CC(=O)O)c3ccc(C(F)(F)F)cc3)c[nH]c12. The maximum absolute atomic E-state index is 12.8. The van der Waals surface area contributed by atoms with E-state index in [0.717, 1.165) is 40.6 Å². The lowest BCUT2D eigenvalue weighted by Crippen LogP contribution is -2.09. The van der Waals surface area contributed by atoms with Gasteiger partial charge in [-0.3, -0.25) is 4.79 Å². The summed E-state index contributed by atoms with van der Waals surface area (Å²) in [6, 6.07) is 10.5. The molecule has 0 bridgehead atoms. The number of rotatable bonds is 5. The van der Waals surface area contributed by atoms with E-state index in [-0.39, 0.29) is 6.42 Å². The average molecular weight is 361 g/mol. The van der Waals surface area contributed by atoms with Crippen LogP contribution in [0.4, 0.5) is 13.2 Å². The molecule has 2 N–H and O–H groups in total. The fourth-order valence-corrected chi connectivity index (χ4v) is 3.31. The summed E-state index contributed by atoms with van der Waals surface area (Å²) in [6.45, 7) is 2.03. The molecule has 1 atom stereocenters. The van der Waals surface area contributed by atoms with E-state index in [4.69, 9.17) is 0 Å². The van der Waals surface area contributed by atoms with Crippen LogP contribution in [0.1, 0.15) is 41.5 Å². The lowest BCUT2D eigenvalue weighted by Gasteiger charge is -2.16.